The summed E-state index contributed by atoms with van der Waals surface area (Å²) in [7, 11) is 0. The topological polar surface area (TPSA) is 29.5 Å². The maximum Gasteiger partial charge on any atom is 0.410 e. The highest BCUT2D eigenvalue weighted by atomic mass is 16.6. The third kappa shape index (κ3) is 3.09. The highest BCUT2D eigenvalue weighted by molar-refractivity contribution is 5.70. The predicted octanol–water partition coefficient (Wildman–Crippen LogP) is 2.98. The molecule has 0 unspecified atom stereocenters. The van der Waals surface area contributed by atoms with E-state index in [0.29, 0.717) is 6.61 Å². The molecule has 1 aromatic rings. The molecule has 0 saturated carbocycles. The molecule has 1 aliphatic heterocycles. The first-order valence-electron chi connectivity index (χ1n) is 5.93. The molecule has 3 heteroatoms. The smallest absolute Gasteiger partial charge is 0.410 e. The van der Waals surface area contributed by atoms with Crippen molar-refractivity contribution in [1.82, 2.24) is 4.90 Å². The summed E-state index contributed by atoms with van der Waals surface area (Å²) in [4.78, 5) is 13.3. The number of carbonyl (C=O) groups is 1. The molecule has 17 heavy (non-hydrogen) atoms. The molecule has 0 N–H and O–H groups in total. The number of hydrogen-bond acceptors (Lipinski definition) is 2. The third-order valence-electron chi connectivity index (χ3n) is 2.74. The van der Waals surface area contributed by atoms with Crippen LogP contribution in [-0.4, -0.2) is 24.1 Å². The second-order valence-electron chi connectivity index (χ2n) is 4.17. The fourth-order valence-electron chi connectivity index (χ4n) is 1.80. The van der Waals surface area contributed by atoms with E-state index in [0.717, 1.165) is 25.1 Å². The standard InChI is InChI=1S/C14H17NO2/c1-2-6-13-9-15(10-13)14(16)17-11-12-7-4-3-5-8-12/h3-8H,2,9-11H2,1H3. The van der Waals surface area contributed by atoms with Gasteiger partial charge in [0.15, 0.2) is 0 Å². The van der Waals surface area contributed by atoms with E-state index in [-0.39, 0.29) is 6.09 Å². The van der Waals surface area contributed by atoms with Crippen molar-refractivity contribution in [2.45, 2.75) is 20.0 Å². The van der Waals surface area contributed by atoms with E-state index in [1.807, 2.05) is 30.3 Å². The van der Waals surface area contributed by atoms with Crippen LogP contribution in [0, 0.1) is 0 Å². The number of benzene rings is 1. The Morgan fingerprint density at radius 2 is 2.06 bits per heavy atom. The predicted molar refractivity (Wildman–Crippen MR) is 66.6 cm³/mol. The van der Waals surface area contributed by atoms with E-state index < -0.39 is 0 Å². The Bertz CT molecular complexity index is 403. The van der Waals surface area contributed by atoms with Crippen molar-refractivity contribution < 1.29 is 9.53 Å². The van der Waals surface area contributed by atoms with Gasteiger partial charge in [-0.1, -0.05) is 43.3 Å². The van der Waals surface area contributed by atoms with Crippen LogP contribution in [0.4, 0.5) is 4.79 Å². The maximum absolute atomic E-state index is 11.6. The minimum absolute atomic E-state index is 0.220. The number of rotatable bonds is 3. The zero-order chi connectivity index (χ0) is 12.1. The Morgan fingerprint density at radius 1 is 1.35 bits per heavy atom. The van der Waals surface area contributed by atoms with E-state index in [4.69, 9.17) is 4.74 Å². The first-order chi connectivity index (χ1) is 8.29. The maximum atomic E-state index is 11.6. The first kappa shape index (κ1) is 11.7. The average molecular weight is 231 g/mol. The monoisotopic (exact) mass is 231 g/mol. The lowest BCUT2D eigenvalue weighted by atomic mass is 10.1. The van der Waals surface area contributed by atoms with Gasteiger partial charge in [0, 0.05) is 13.1 Å². The average Bonchev–Trinajstić information content (AvgIpc) is 2.31. The van der Waals surface area contributed by atoms with Crippen LogP contribution >= 0.6 is 0 Å². The molecule has 1 aromatic carbocycles. The summed E-state index contributed by atoms with van der Waals surface area (Å²) < 4.78 is 5.22. The number of amides is 1. The molecule has 1 heterocycles. The molecule has 1 saturated heterocycles. The lowest BCUT2D eigenvalue weighted by Gasteiger charge is -2.33. The van der Waals surface area contributed by atoms with Gasteiger partial charge in [0.2, 0.25) is 0 Å². The van der Waals surface area contributed by atoms with Gasteiger partial charge < -0.3 is 9.64 Å². The van der Waals surface area contributed by atoms with E-state index >= 15 is 0 Å². The van der Waals surface area contributed by atoms with E-state index in [9.17, 15) is 4.79 Å². The van der Waals surface area contributed by atoms with Gasteiger partial charge in [-0.2, -0.15) is 0 Å². The molecule has 2 rings (SSSR count). The van der Waals surface area contributed by atoms with Gasteiger partial charge in [-0.25, -0.2) is 4.79 Å². The molecule has 3 nitrogen and oxygen atoms in total. The summed E-state index contributed by atoms with van der Waals surface area (Å²) in [6.07, 6.45) is 2.98. The van der Waals surface area contributed by atoms with E-state index in [1.54, 1.807) is 4.90 Å². The molecule has 0 aromatic heterocycles. The van der Waals surface area contributed by atoms with Crippen LogP contribution in [-0.2, 0) is 11.3 Å². The van der Waals surface area contributed by atoms with Crippen molar-refractivity contribution in [2.24, 2.45) is 0 Å². The second kappa shape index (κ2) is 5.53. The van der Waals surface area contributed by atoms with Gasteiger partial charge in [-0.15, -0.1) is 0 Å². The zero-order valence-electron chi connectivity index (χ0n) is 10.1. The molecule has 1 amide bonds. The summed E-state index contributed by atoms with van der Waals surface area (Å²) >= 11 is 0. The highest BCUT2D eigenvalue weighted by Gasteiger charge is 2.25. The summed E-state index contributed by atoms with van der Waals surface area (Å²) in [5, 5.41) is 0. The number of hydrogen-bond donors (Lipinski definition) is 0. The van der Waals surface area contributed by atoms with Gasteiger partial charge in [0.25, 0.3) is 0 Å². The van der Waals surface area contributed by atoms with Gasteiger partial charge in [-0.3, -0.25) is 0 Å². The number of ether oxygens (including phenoxy) is 1. The summed E-state index contributed by atoms with van der Waals surface area (Å²) in [5.74, 6) is 0. The number of allylic oxidation sites excluding steroid dienone is 1. The van der Waals surface area contributed by atoms with Crippen molar-refractivity contribution in [1.29, 1.82) is 0 Å². The van der Waals surface area contributed by atoms with Crippen molar-refractivity contribution in [3.8, 4) is 0 Å². The van der Waals surface area contributed by atoms with Gasteiger partial charge in [0.05, 0.1) is 0 Å². The Hall–Kier alpha value is -1.77. The molecule has 0 atom stereocenters. The van der Waals surface area contributed by atoms with Gasteiger partial charge in [0.1, 0.15) is 6.61 Å². The summed E-state index contributed by atoms with van der Waals surface area (Å²) in [5.41, 5.74) is 2.34. The first-order valence-corrected chi connectivity index (χ1v) is 5.93. The van der Waals surface area contributed by atoms with Crippen LogP contribution in [0.5, 0.6) is 0 Å². The van der Waals surface area contributed by atoms with Crippen molar-refractivity contribution in [3.05, 3.63) is 47.5 Å². The number of nitrogens with zero attached hydrogens (tertiary/aromatic N) is 1. The van der Waals surface area contributed by atoms with Crippen LogP contribution in [0.2, 0.25) is 0 Å². The highest BCUT2D eigenvalue weighted by Crippen LogP contribution is 2.16. The fraction of sp³-hybridized carbons (Fsp3) is 0.357. The number of likely N-dealkylation sites (tertiary alicyclic amines) is 1. The quantitative estimate of drug-likeness (QED) is 0.748. The minimum atomic E-state index is -0.220. The van der Waals surface area contributed by atoms with Crippen LogP contribution in [0.25, 0.3) is 0 Å². The van der Waals surface area contributed by atoms with Crippen LogP contribution < -0.4 is 0 Å². The van der Waals surface area contributed by atoms with E-state index in [1.165, 1.54) is 5.57 Å². The zero-order valence-corrected chi connectivity index (χ0v) is 10.1. The summed E-state index contributed by atoms with van der Waals surface area (Å²) in [6, 6.07) is 9.73. The van der Waals surface area contributed by atoms with Crippen LogP contribution in [0.15, 0.2) is 42.0 Å². The van der Waals surface area contributed by atoms with Crippen LogP contribution in [0.3, 0.4) is 0 Å². The molecular weight excluding hydrogens is 214 g/mol. The van der Waals surface area contributed by atoms with Crippen molar-refractivity contribution >= 4 is 6.09 Å². The molecular formula is C14H17NO2. The molecule has 0 bridgehead atoms. The second-order valence-corrected chi connectivity index (χ2v) is 4.17. The normalized spacial score (nSPS) is 14.2. The fourth-order valence-corrected chi connectivity index (χ4v) is 1.80. The molecule has 0 radical (unpaired) electrons. The Kier molecular flexibility index (Phi) is 3.81. The molecule has 0 aliphatic carbocycles. The van der Waals surface area contributed by atoms with Crippen molar-refractivity contribution in [2.75, 3.05) is 13.1 Å². The van der Waals surface area contributed by atoms with Crippen molar-refractivity contribution in [3.63, 3.8) is 0 Å². The summed E-state index contributed by atoms with van der Waals surface area (Å²) in [6.45, 7) is 3.90. The number of carbonyl (C=O) groups excluding carboxylic acids is 1. The lowest BCUT2D eigenvalue weighted by Crippen LogP contribution is -2.44. The van der Waals surface area contributed by atoms with Gasteiger partial charge >= 0.3 is 6.09 Å². The largest absolute Gasteiger partial charge is 0.445 e. The van der Waals surface area contributed by atoms with E-state index in [2.05, 4.69) is 13.0 Å². The Balaban J connectivity index is 1.74. The van der Waals surface area contributed by atoms with Gasteiger partial charge in [-0.05, 0) is 17.6 Å². The molecule has 90 valence electrons. The lowest BCUT2D eigenvalue weighted by molar-refractivity contribution is 0.0903. The SMILES string of the molecule is CCC=C1CN(C(=O)OCc2ccccc2)C1. The molecule has 1 aliphatic rings. The Morgan fingerprint density at radius 3 is 2.71 bits per heavy atom. The third-order valence-corrected chi connectivity index (χ3v) is 2.74. The van der Waals surface area contributed by atoms with Crippen LogP contribution in [0.1, 0.15) is 18.9 Å². The molecule has 1 fully saturated rings. The minimum Gasteiger partial charge on any atom is -0.445 e. The molecule has 0 spiro atoms. The Labute approximate surface area is 102 Å².